The summed E-state index contributed by atoms with van der Waals surface area (Å²) in [7, 11) is -3.76. The van der Waals surface area contributed by atoms with Gasteiger partial charge in [0.05, 0.1) is 9.79 Å². The molecule has 0 fully saturated rings. The quantitative estimate of drug-likeness (QED) is 0.888. The van der Waals surface area contributed by atoms with Gasteiger partial charge in [0.25, 0.3) is 0 Å². The predicted octanol–water partition coefficient (Wildman–Crippen LogP) is 3.47. The Hall–Kier alpha value is -2.01. The minimum atomic E-state index is -3.76. The van der Waals surface area contributed by atoms with Crippen LogP contribution in [-0.2, 0) is 9.84 Å². The van der Waals surface area contributed by atoms with Crippen molar-refractivity contribution in [2.24, 2.45) is 0 Å². The van der Waals surface area contributed by atoms with Crippen LogP contribution in [-0.4, -0.2) is 18.6 Å². The van der Waals surface area contributed by atoms with Gasteiger partial charge in [-0.1, -0.05) is 0 Å². The molecule has 0 aromatic heterocycles. The van der Waals surface area contributed by atoms with Crippen LogP contribution in [0.5, 0.6) is 11.5 Å². The van der Waals surface area contributed by atoms with Crippen LogP contribution in [0.1, 0.15) is 27.8 Å². The predicted molar refractivity (Wildman–Crippen MR) is 85.4 cm³/mol. The SMILES string of the molecule is Cc1cc(S(=O)(=O)c2cc(C)c(O)c(C)c2)c(C)c(O)c1C. The fourth-order valence-corrected chi connectivity index (χ4v) is 4.22. The number of aryl methyl sites for hydroxylation is 3. The van der Waals surface area contributed by atoms with E-state index in [2.05, 4.69) is 0 Å². The van der Waals surface area contributed by atoms with Gasteiger partial charge < -0.3 is 10.2 Å². The monoisotopic (exact) mass is 320 g/mol. The van der Waals surface area contributed by atoms with Crippen LogP contribution in [0.2, 0.25) is 0 Å². The van der Waals surface area contributed by atoms with E-state index in [0.717, 1.165) is 0 Å². The molecule has 5 heteroatoms. The molecule has 0 heterocycles. The van der Waals surface area contributed by atoms with Crippen LogP contribution in [0, 0.1) is 34.6 Å². The van der Waals surface area contributed by atoms with Gasteiger partial charge in [0.1, 0.15) is 11.5 Å². The molecule has 0 unspecified atom stereocenters. The van der Waals surface area contributed by atoms with E-state index in [9.17, 15) is 18.6 Å². The number of phenolic OH excluding ortho intramolecular Hbond substituents is 2. The van der Waals surface area contributed by atoms with Gasteiger partial charge in [-0.25, -0.2) is 8.42 Å². The summed E-state index contributed by atoms with van der Waals surface area (Å²) < 4.78 is 25.8. The third kappa shape index (κ3) is 2.46. The first-order chi connectivity index (χ1) is 10.1. The third-order valence-corrected chi connectivity index (χ3v) is 5.94. The van der Waals surface area contributed by atoms with Crippen LogP contribution in [0.3, 0.4) is 0 Å². The van der Waals surface area contributed by atoms with E-state index in [1.54, 1.807) is 40.7 Å². The number of aromatic hydroxyl groups is 2. The van der Waals surface area contributed by atoms with Crippen molar-refractivity contribution in [1.82, 2.24) is 0 Å². The first-order valence-corrected chi connectivity index (χ1v) is 8.40. The average molecular weight is 320 g/mol. The average Bonchev–Trinajstić information content (AvgIpc) is 2.45. The summed E-state index contributed by atoms with van der Waals surface area (Å²) in [6.07, 6.45) is 0. The molecule has 2 aromatic carbocycles. The van der Waals surface area contributed by atoms with Gasteiger partial charge >= 0.3 is 0 Å². The Morgan fingerprint density at radius 1 is 0.727 bits per heavy atom. The summed E-state index contributed by atoms with van der Waals surface area (Å²) in [6, 6.07) is 4.48. The van der Waals surface area contributed by atoms with Crippen molar-refractivity contribution < 1.29 is 18.6 Å². The van der Waals surface area contributed by atoms with Gasteiger partial charge in [-0.15, -0.1) is 0 Å². The van der Waals surface area contributed by atoms with Crippen molar-refractivity contribution in [2.45, 2.75) is 44.4 Å². The maximum atomic E-state index is 12.9. The zero-order valence-corrected chi connectivity index (χ0v) is 14.2. The number of rotatable bonds is 2. The zero-order chi connectivity index (χ0) is 16.8. The lowest BCUT2D eigenvalue weighted by Crippen LogP contribution is -2.06. The fourth-order valence-electron chi connectivity index (χ4n) is 2.48. The number of benzene rings is 2. The lowest BCUT2D eigenvalue weighted by Gasteiger charge is -2.14. The molecule has 118 valence electrons. The lowest BCUT2D eigenvalue weighted by atomic mass is 10.1. The van der Waals surface area contributed by atoms with Crippen molar-refractivity contribution in [3.63, 3.8) is 0 Å². The Morgan fingerprint density at radius 3 is 1.73 bits per heavy atom. The third-order valence-electron chi connectivity index (χ3n) is 4.08. The largest absolute Gasteiger partial charge is 0.507 e. The highest BCUT2D eigenvalue weighted by Gasteiger charge is 2.24. The highest BCUT2D eigenvalue weighted by atomic mass is 32.2. The van der Waals surface area contributed by atoms with Gasteiger partial charge in [-0.2, -0.15) is 0 Å². The van der Waals surface area contributed by atoms with Crippen molar-refractivity contribution in [3.05, 3.63) is 46.0 Å². The molecule has 0 aliphatic heterocycles. The maximum Gasteiger partial charge on any atom is 0.207 e. The second kappa shape index (κ2) is 5.32. The molecule has 2 N–H and O–H groups in total. The maximum absolute atomic E-state index is 12.9. The molecule has 0 aliphatic carbocycles. The van der Waals surface area contributed by atoms with Crippen molar-refractivity contribution in [3.8, 4) is 11.5 Å². The molecule has 0 spiro atoms. The summed E-state index contributed by atoms with van der Waals surface area (Å²) in [5.74, 6) is 0.101. The highest BCUT2D eigenvalue weighted by molar-refractivity contribution is 7.91. The molecule has 2 aromatic rings. The van der Waals surface area contributed by atoms with Crippen molar-refractivity contribution in [2.75, 3.05) is 0 Å². The van der Waals surface area contributed by atoms with Crippen LogP contribution < -0.4 is 0 Å². The van der Waals surface area contributed by atoms with Gasteiger partial charge in [0.2, 0.25) is 9.84 Å². The standard InChI is InChI=1S/C17H20O4S/c1-9-8-15(13(5)17(19)12(9)4)22(20,21)14-6-10(2)16(18)11(3)7-14/h6-8,18-19H,1-5H3. The van der Waals surface area contributed by atoms with E-state index in [1.807, 2.05) is 0 Å². The molecule has 4 nitrogen and oxygen atoms in total. The van der Waals surface area contributed by atoms with Gasteiger partial charge in [0.15, 0.2) is 0 Å². The second-order valence-corrected chi connectivity index (χ2v) is 7.62. The van der Waals surface area contributed by atoms with Crippen LogP contribution >= 0.6 is 0 Å². The van der Waals surface area contributed by atoms with Crippen molar-refractivity contribution >= 4 is 9.84 Å². The van der Waals surface area contributed by atoms with Crippen LogP contribution in [0.15, 0.2) is 28.0 Å². The molecular weight excluding hydrogens is 300 g/mol. The summed E-state index contributed by atoms with van der Waals surface area (Å²) in [4.78, 5) is 0.212. The fraction of sp³-hybridized carbons (Fsp3) is 0.294. The van der Waals surface area contributed by atoms with E-state index in [4.69, 9.17) is 0 Å². The first kappa shape index (κ1) is 16.4. The Bertz CT molecular complexity index is 842. The molecule has 2 rings (SSSR count). The van der Waals surface area contributed by atoms with E-state index in [1.165, 1.54) is 12.1 Å². The molecule has 0 saturated carbocycles. The van der Waals surface area contributed by atoms with Gasteiger partial charge in [-0.05, 0) is 75.1 Å². The topological polar surface area (TPSA) is 74.6 Å². The van der Waals surface area contributed by atoms with Gasteiger partial charge in [0, 0.05) is 5.56 Å². The molecule has 0 radical (unpaired) electrons. The Morgan fingerprint density at radius 2 is 1.23 bits per heavy atom. The summed E-state index contributed by atoms with van der Waals surface area (Å²) in [5.41, 5.74) is 2.74. The smallest absolute Gasteiger partial charge is 0.207 e. The van der Waals surface area contributed by atoms with E-state index in [-0.39, 0.29) is 21.3 Å². The minimum Gasteiger partial charge on any atom is -0.507 e. The number of hydrogen-bond acceptors (Lipinski definition) is 4. The van der Waals surface area contributed by atoms with Gasteiger partial charge in [-0.3, -0.25) is 0 Å². The number of hydrogen-bond donors (Lipinski definition) is 2. The Labute approximate surface area is 131 Å². The van der Waals surface area contributed by atoms with Crippen molar-refractivity contribution in [1.29, 1.82) is 0 Å². The summed E-state index contributed by atoms with van der Waals surface area (Å²) in [5, 5.41) is 19.9. The lowest BCUT2D eigenvalue weighted by molar-refractivity contribution is 0.463. The molecule has 0 atom stereocenters. The number of phenols is 2. The van der Waals surface area contributed by atoms with E-state index in [0.29, 0.717) is 27.8 Å². The summed E-state index contributed by atoms with van der Waals surface area (Å²) in [6.45, 7) is 8.43. The Balaban J connectivity index is 2.77. The summed E-state index contributed by atoms with van der Waals surface area (Å²) >= 11 is 0. The van der Waals surface area contributed by atoms with E-state index < -0.39 is 9.84 Å². The minimum absolute atomic E-state index is 0.00537. The molecule has 0 aliphatic rings. The zero-order valence-electron chi connectivity index (χ0n) is 13.4. The number of sulfone groups is 1. The molecule has 0 saturated heterocycles. The second-order valence-electron chi connectivity index (χ2n) is 5.70. The van der Waals surface area contributed by atoms with Crippen LogP contribution in [0.4, 0.5) is 0 Å². The normalized spacial score (nSPS) is 11.7. The molecule has 22 heavy (non-hydrogen) atoms. The van der Waals surface area contributed by atoms with E-state index >= 15 is 0 Å². The highest BCUT2D eigenvalue weighted by Crippen LogP contribution is 2.35. The molecule has 0 amide bonds. The molecule has 0 bridgehead atoms. The molecular formula is C17H20O4S. The van der Waals surface area contributed by atoms with Crippen LogP contribution in [0.25, 0.3) is 0 Å². The first-order valence-electron chi connectivity index (χ1n) is 6.92. The Kier molecular flexibility index (Phi) is 3.96.